The van der Waals surface area contributed by atoms with Crippen LogP contribution in [0.25, 0.3) is 0 Å². The third kappa shape index (κ3) is 3.45. The molecule has 1 saturated carbocycles. The number of aliphatic hydroxyl groups is 1. The van der Waals surface area contributed by atoms with Crippen molar-refractivity contribution < 1.29 is 19.4 Å². The summed E-state index contributed by atoms with van der Waals surface area (Å²) in [6.45, 7) is 0.212. The maximum Gasteiger partial charge on any atom is 0.256 e. The highest BCUT2D eigenvalue weighted by Crippen LogP contribution is 2.33. The van der Waals surface area contributed by atoms with Gasteiger partial charge in [-0.3, -0.25) is 9.59 Å². The predicted molar refractivity (Wildman–Crippen MR) is 89.8 cm³/mol. The van der Waals surface area contributed by atoms with Crippen LogP contribution in [0, 0.1) is 0 Å². The van der Waals surface area contributed by atoms with Crippen LogP contribution in [-0.2, 0) is 17.9 Å². The van der Waals surface area contributed by atoms with Crippen molar-refractivity contribution in [2.45, 2.75) is 50.9 Å². The molecule has 136 valence electrons. The highest BCUT2D eigenvalue weighted by atomic mass is 16.5. The predicted octanol–water partition coefficient (Wildman–Crippen LogP) is -0.0756. The number of ether oxygens (including phenoxy) is 1. The van der Waals surface area contributed by atoms with E-state index in [0.717, 1.165) is 31.4 Å². The molecule has 1 atom stereocenters. The molecule has 0 aromatic carbocycles. The van der Waals surface area contributed by atoms with E-state index in [-0.39, 0.29) is 12.5 Å². The fourth-order valence-electron chi connectivity index (χ4n) is 3.48. The number of rotatable bonds is 6. The van der Waals surface area contributed by atoms with Gasteiger partial charge >= 0.3 is 0 Å². The number of fused-ring (bicyclic) bond motifs is 1. The molecule has 2 aliphatic rings. The number of aromatic nitrogens is 1. The lowest BCUT2D eigenvalue weighted by Crippen LogP contribution is -2.42. The number of aliphatic hydroxyl groups excluding tert-OH is 1. The highest BCUT2D eigenvalue weighted by Gasteiger charge is 2.35. The molecule has 0 spiro atoms. The minimum atomic E-state index is -0.979. The number of pyridine rings is 1. The smallest absolute Gasteiger partial charge is 0.256 e. The summed E-state index contributed by atoms with van der Waals surface area (Å²) in [6, 6.07) is 1.05. The first-order chi connectivity index (χ1) is 12.0. The topological polar surface area (TPSA) is 118 Å². The summed E-state index contributed by atoms with van der Waals surface area (Å²) in [5, 5.41) is 11.6. The zero-order chi connectivity index (χ0) is 18.0. The quantitative estimate of drug-likeness (QED) is 0.662. The van der Waals surface area contributed by atoms with E-state index in [2.05, 4.69) is 10.3 Å². The van der Waals surface area contributed by atoms with Crippen molar-refractivity contribution in [3.8, 4) is 5.88 Å². The second-order valence-corrected chi connectivity index (χ2v) is 6.53. The summed E-state index contributed by atoms with van der Waals surface area (Å²) in [7, 11) is 1.50. The van der Waals surface area contributed by atoms with E-state index in [9.17, 15) is 9.59 Å². The fraction of sp³-hybridized carbons (Fsp3) is 0.588. The first kappa shape index (κ1) is 17.6. The van der Waals surface area contributed by atoms with E-state index >= 15 is 0 Å². The maximum absolute atomic E-state index is 12.7. The lowest BCUT2D eigenvalue weighted by Gasteiger charge is -2.22. The number of hydrogen-bond donors (Lipinski definition) is 3. The van der Waals surface area contributed by atoms with Crippen LogP contribution in [0.1, 0.15) is 47.3 Å². The van der Waals surface area contributed by atoms with Crippen molar-refractivity contribution in [3.05, 3.63) is 22.9 Å². The first-order valence-corrected chi connectivity index (χ1v) is 8.57. The Hall–Kier alpha value is -2.19. The molecule has 0 unspecified atom stereocenters. The Morgan fingerprint density at radius 1 is 1.52 bits per heavy atom. The molecule has 1 aliphatic heterocycles. The Kier molecular flexibility index (Phi) is 5.19. The number of carbonyl (C=O) groups excluding carboxylic acids is 2. The van der Waals surface area contributed by atoms with Crippen LogP contribution in [0.4, 0.5) is 0 Å². The number of carbonyl (C=O) groups is 2. The summed E-state index contributed by atoms with van der Waals surface area (Å²) in [5.41, 5.74) is 7.39. The van der Waals surface area contributed by atoms with Gasteiger partial charge in [0.05, 0.1) is 31.5 Å². The number of nitrogens with one attached hydrogen (secondary N) is 1. The van der Waals surface area contributed by atoms with Crippen LogP contribution >= 0.6 is 0 Å². The molecule has 2 amide bonds. The van der Waals surface area contributed by atoms with Gasteiger partial charge in [0, 0.05) is 18.2 Å². The van der Waals surface area contributed by atoms with Crippen LogP contribution in [0.5, 0.6) is 5.88 Å². The number of methoxy groups -OCH3 is 1. The van der Waals surface area contributed by atoms with Crippen molar-refractivity contribution >= 4 is 11.8 Å². The van der Waals surface area contributed by atoms with Crippen LogP contribution in [-0.4, -0.2) is 52.6 Å². The third-order valence-electron chi connectivity index (χ3n) is 4.90. The minimum Gasteiger partial charge on any atom is -0.481 e. The Morgan fingerprint density at radius 3 is 2.88 bits per heavy atom. The minimum absolute atomic E-state index is 0.00307. The lowest BCUT2D eigenvalue weighted by atomic mass is 10.1. The number of nitrogens with two attached hydrogens (primary N) is 1. The normalized spacial score (nSPS) is 18.4. The van der Waals surface area contributed by atoms with Gasteiger partial charge in [0.15, 0.2) is 0 Å². The molecule has 0 radical (unpaired) electrons. The monoisotopic (exact) mass is 348 g/mol. The molecule has 3 rings (SSSR count). The van der Waals surface area contributed by atoms with Crippen molar-refractivity contribution in [3.63, 3.8) is 0 Å². The molecule has 1 aromatic heterocycles. The van der Waals surface area contributed by atoms with E-state index < -0.39 is 18.6 Å². The van der Waals surface area contributed by atoms with Crippen molar-refractivity contribution in [2.75, 3.05) is 13.7 Å². The van der Waals surface area contributed by atoms with Crippen molar-refractivity contribution in [1.82, 2.24) is 15.2 Å². The van der Waals surface area contributed by atoms with Crippen LogP contribution in [0.2, 0.25) is 0 Å². The zero-order valence-corrected chi connectivity index (χ0v) is 14.3. The average molecular weight is 348 g/mol. The van der Waals surface area contributed by atoms with Gasteiger partial charge < -0.3 is 25.8 Å². The number of hydrogen-bond acceptors (Lipinski definition) is 6. The molecule has 8 nitrogen and oxygen atoms in total. The molecule has 0 saturated heterocycles. The van der Waals surface area contributed by atoms with Crippen LogP contribution in [0.15, 0.2) is 6.07 Å². The summed E-state index contributed by atoms with van der Waals surface area (Å²) in [5.74, 6) is -0.0849. The third-order valence-corrected chi connectivity index (χ3v) is 4.90. The van der Waals surface area contributed by atoms with Gasteiger partial charge in [0.25, 0.3) is 5.91 Å². The maximum atomic E-state index is 12.7. The molecule has 1 fully saturated rings. The molecule has 2 heterocycles. The van der Waals surface area contributed by atoms with Gasteiger partial charge in [-0.15, -0.1) is 0 Å². The summed E-state index contributed by atoms with van der Waals surface area (Å²) < 4.78 is 5.31. The van der Waals surface area contributed by atoms with Gasteiger partial charge in [-0.05, 0) is 18.9 Å². The largest absolute Gasteiger partial charge is 0.481 e. The Balaban J connectivity index is 1.78. The molecule has 4 N–H and O–H groups in total. The van der Waals surface area contributed by atoms with E-state index in [1.54, 1.807) is 6.07 Å². The molecular formula is C17H24N4O4. The fourth-order valence-corrected chi connectivity index (χ4v) is 3.48. The molecule has 1 aliphatic carbocycles. The Labute approximate surface area is 146 Å². The Bertz CT molecular complexity index is 673. The van der Waals surface area contributed by atoms with E-state index in [1.165, 1.54) is 7.11 Å². The second kappa shape index (κ2) is 7.37. The Morgan fingerprint density at radius 2 is 2.24 bits per heavy atom. The van der Waals surface area contributed by atoms with Gasteiger partial charge in [-0.25, -0.2) is 4.98 Å². The summed E-state index contributed by atoms with van der Waals surface area (Å²) in [6.07, 6.45) is 4.39. The van der Waals surface area contributed by atoms with Gasteiger partial charge in [0.1, 0.15) is 6.04 Å². The van der Waals surface area contributed by atoms with Crippen LogP contribution < -0.4 is 15.8 Å². The number of amides is 2. The standard InChI is InChI=1S/C17H24N4O4/c1-25-16-10(7-19-15(23)13(18)9-22)6-12-14(20-16)8-21(17(12)24)11-4-2-3-5-11/h6,11,13,22H,2-5,7-9,18H2,1H3,(H,19,23)/t13-/m1/s1. The second-order valence-electron chi connectivity index (χ2n) is 6.53. The SMILES string of the molecule is COc1nc2c(cc1CNC(=O)[C@H](N)CO)C(=O)N(C1CCCC1)C2. The molecular weight excluding hydrogens is 324 g/mol. The van der Waals surface area contributed by atoms with Crippen molar-refractivity contribution in [1.29, 1.82) is 0 Å². The first-order valence-electron chi connectivity index (χ1n) is 8.57. The van der Waals surface area contributed by atoms with Crippen LogP contribution in [0.3, 0.4) is 0 Å². The summed E-state index contributed by atoms with van der Waals surface area (Å²) >= 11 is 0. The number of nitrogens with zero attached hydrogens (tertiary/aromatic N) is 2. The van der Waals surface area contributed by atoms with Gasteiger partial charge in [0.2, 0.25) is 11.8 Å². The molecule has 0 bridgehead atoms. The van der Waals surface area contributed by atoms with E-state index in [1.807, 2.05) is 4.90 Å². The van der Waals surface area contributed by atoms with Crippen molar-refractivity contribution in [2.24, 2.45) is 5.73 Å². The van der Waals surface area contributed by atoms with E-state index in [4.69, 9.17) is 15.6 Å². The zero-order valence-electron chi connectivity index (χ0n) is 14.3. The average Bonchev–Trinajstić information content (AvgIpc) is 3.26. The molecule has 8 heteroatoms. The highest BCUT2D eigenvalue weighted by molar-refractivity contribution is 5.98. The lowest BCUT2D eigenvalue weighted by molar-refractivity contribution is -0.123. The van der Waals surface area contributed by atoms with Gasteiger partial charge in [-0.1, -0.05) is 12.8 Å². The molecule has 1 aromatic rings. The summed E-state index contributed by atoms with van der Waals surface area (Å²) in [4.78, 5) is 30.8. The van der Waals surface area contributed by atoms with E-state index in [0.29, 0.717) is 29.6 Å². The molecule has 25 heavy (non-hydrogen) atoms. The van der Waals surface area contributed by atoms with Gasteiger partial charge in [-0.2, -0.15) is 0 Å².